The first kappa shape index (κ1) is 15.4. The van der Waals surface area contributed by atoms with Crippen molar-refractivity contribution in [2.75, 3.05) is 32.8 Å². The topological polar surface area (TPSA) is 60.9 Å². The highest BCUT2D eigenvalue weighted by Gasteiger charge is 2.34. The fourth-order valence-electron chi connectivity index (χ4n) is 3.26. The normalized spacial score (nSPS) is 24.9. The fraction of sp³-hybridized carbons (Fsp3) is 0.714. The van der Waals surface area contributed by atoms with Crippen LogP contribution in [-0.2, 0) is 16.4 Å². The summed E-state index contributed by atoms with van der Waals surface area (Å²) in [4.78, 5) is 3.36. The Labute approximate surface area is 130 Å². The van der Waals surface area contributed by atoms with Crippen LogP contribution in [0.2, 0.25) is 0 Å². The Morgan fingerprint density at radius 1 is 1.24 bits per heavy atom. The molecule has 21 heavy (non-hydrogen) atoms. The van der Waals surface area contributed by atoms with E-state index in [1.807, 2.05) is 6.07 Å². The van der Waals surface area contributed by atoms with Crippen molar-refractivity contribution < 1.29 is 13.5 Å². The van der Waals surface area contributed by atoms with E-state index in [-0.39, 0.29) is 6.61 Å². The minimum atomic E-state index is -3.38. The molecule has 3 rings (SSSR count). The van der Waals surface area contributed by atoms with Crippen LogP contribution >= 0.6 is 11.3 Å². The molecule has 0 spiro atoms. The van der Waals surface area contributed by atoms with Crippen molar-refractivity contribution >= 4 is 21.4 Å². The predicted molar refractivity (Wildman–Crippen MR) is 83.1 cm³/mol. The zero-order valence-corrected chi connectivity index (χ0v) is 13.7. The Morgan fingerprint density at radius 2 is 2.05 bits per heavy atom. The second-order valence-electron chi connectivity index (χ2n) is 5.74. The van der Waals surface area contributed by atoms with Crippen molar-refractivity contribution in [1.82, 2.24) is 9.21 Å². The van der Waals surface area contributed by atoms with E-state index >= 15 is 0 Å². The molecule has 0 radical (unpaired) electrons. The van der Waals surface area contributed by atoms with Crippen molar-refractivity contribution in [2.24, 2.45) is 0 Å². The molecule has 2 aliphatic heterocycles. The van der Waals surface area contributed by atoms with Crippen LogP contribution in [-0.4, -0.2) is 61.6 Å². The standard InChI is InChI=1S/C14H22N2O3S2/c17-10-6-13-4-5-14(20-13)21(18,19)16-9-2-8-15-7-1-3-12(15)11-16/h4-5,12,17H,1-3,6-11H2. The highest BCUT2D eigenvalue weighted by molar-refractivity contribution is 7.91. The van der Waals surface area contributed by atoms with Gasteiger partial charge < -0.3 is 5.11 Å². The van der Waals surface area contributed by atoms with Gasteiger partial charge >= 0.3 is 0 Å². The molecule has 5 nitrogen and oxygen atoms in total. The van der Waals surface area contributed by atoms with Crippen LogP contribution in [0.25, 0.3) is 0 Å². The van der Waals surface area contributed by atoms with Gasteiger partial charge in [-0.3, -0.25) is 4.90 Å². The number of sulfonamides is 1. The van der Waals surface area contributed by atoms with E-state index in [9.17, 15) is 8.42 Å². The summed E-state index contributed by atoms with van der Waals surface area (Å²) in [7, 11) is -3.38. The lowest BCUT2D eigenvalue weighted by molar-refractivity contribution is 0.257. The maximum atomic E-state index is 12.8. The van der Waals surface area contributed by atoms with Gasteiger partial charge in [-0.1, -0.05) is 0 Å². The Hall–Kier alpha value is -0.470. The second-order valence-corrected chi connectivity index (χ2v) is 9.08. The SMILES string of the molecule is O=S(=O)(c1ccc(CCO)s1)N1CCCN2CCCC2C1. The molecule has 2 fully saturated rings. The van der Waals surface area contributed by atoms with Crippen molar-refractivity contribution in [3.05, 3.63) is 17.0 Å². The summed E-state index contributed by atoms with van der Waals surface area (Å²) in [6.07, 6.45) is 3.71. The number of fused-ring (bicyclic) bond motifs is 1. The van der Waals surface area contributed by atoms with Gasteiger partial charge in [0.15, 0.2) is 0 Å². The van der Waals surface area contributed by atoms with Gasteiger partial charge in [0.25, 0.3) is 10.0 Å². The Balaban J connectivity index is 1.79. The molecular formula is C14H22N2O3S2. The lowest BCUT2D eigenvalue weighted by atomic mass is 10.2. The minimum Gasteiger partial charge on any atom is -0.396 e. The van der Waals surface area contributed by atoms with Crippen LogP contribution in [0.5, 0.6) is 0 Å². The monoisotopic (exact) mass is 330 g/mol. The molecule has 3 heterocycles. The third kappa shape index (κ3) is 3.17. The third-order valence-corrected chi connectivity index (χ3v) is 7.83. The average molecular weight is 330 g/mol. The molecule has 1 aromatic rings. The smallest absolute Gasteiger partial charge is 0.252 e. The summed E-state index contributed by atoms with van der Waals surface area (Å²) < 4.78 is 27.7. The van der Waals surface area contributed by atoms with E-state index in [0.717, 1.165) is 30.8 Å². The van der Waals surface area contributed by atoms with Crippen LogP contribution in [0.1, 0.15) is 24.1 Å². The molecule has 0 amide bonds. The Kier molecular flexibility index (Phi) is 4.66. The van der Waals surface area contributed by atoms with Crippen LogP contribution in [0, 0.1) is 0 Å². The van der Waals surface area contributed by atoms with Crippen molar-refractivity contribution in [3.63, 3.8) is 0 Å². The fourth-order valence-corrected chi connectivity index (χ4v) is 6.27. The highest BCUT2D eigenvalue weighted by Crippen LogP contribution is 2.29. The van der Waals surface area contributed by atoms with E-state index in [1.54, 1.807) is 10.4 Å². The molecule has 1 unspecified atom stereocenters. The van der Waals surface area contributed by atoms with E-state index in [1.165, 1.54) is 17.8 Å². The van der Waals surface area contributed by atoms with Gasteiger partial charge in [-0.15, -0.1) is 11.3 Å². The number of thiophene rings is 1. The van der Waals surface area contributed by atoms with Gasteiger partial charge in [0, 0.05) is 37.0 Å². The van der Waals surface area contributed by atoms with Gasteiger partial charge in [0.05, 0.1) is 0 Å². The Bertz CT molecular complexity index is 585. The lowest BCUT2D eigenvalue weighted by Crippen LogP contribution is -2.39. The number of hydrogen-bond acceptors (Lipinski definition) is 5. The second kappa shape index (κ2) is 6.34. The zero-order valence-electron chi connectivity index (χ0n) is 12.1. The van der Waals surface area contributed by atoms with Crippen LogP contribution in [0.15, 0.2) is 16.3 Å². The first-order chi connectivity index (χ1) is 10.1. The van der Waals surface area contributed by atoms with Gasteiger partial charge in [-0.2, -0.15) is 4.31 Å². The van der Waals surface area contributed by atoms with Crippen LogP contribution in [0.3, 0.4) is 0 Å². The van der Waals surface area contributed by atoms with E-state index in [4.69, 9.17) is 5.11 Å². The molecular weight excluding hydrogens is 308 g/mol. The highest BCUT2D eigenvalue weighted by atomic mass is 32.2. The van der Waals surface area contributed by atoms with E-state index in [0.29, 0.717) is 29.8 Å². The summed E-state index contributed by atoms with van der Waals surface area (Å²) in [6.45, 7) is 3.41. The van der Waals surface area contributed by atoms with Crippen LogP contribution < -0.4 is 0 Å². The maximum absolute atomic E-state index is 12.8. The van der Waals surface area contributed by atoms with E-state index < -0.39 is 10.0 Å². The minimum absolute atomic E-state index is 0.0563. The maximum Gasteiger partial charge on any atom is 0.252 e. The average Bonchev–Trinajstić information content (AvgIpc) is 3.05. The summed E-state index contributed by atoms with van der Waals surface area (Å²) >= 11 is 1.29. The summed E-state index contributed by atoms with van der Waals surface area (Å²) in [6, 6.07) is 3.88. The largest absolute Gasteiger partial charge is 0.396 e. The molecule has 0 bridgehead atoms. The number of aliphatic hydroxyl groups is 1. The predicted octanol–water partition coefficient (Wildman–Crippen LogP) is 1.14. The molecule has 0 aliphatic carbocycles. The van der Waals surface area contributed by atoms with Gasteiger partial charge in [0.2, 0.25) is 0 Å². The summed E-state index contributed by atoms with van der Waals surface area (Å²) in [5, 5.41) is 8.96. The number of rotatable bonds is 4. The molecule has 0 saturated carbocycles. The molecule has 2 aliphatic rings. The molecule has 7 heteroatoms. The van der Waals surface area contributed by atoms with Crippen molar-refractivity contribution in [1.29, 1.82) is 0 Å². The van der Waals surface area contributed by atoms with Gasteiger partial charge in [-0.25, -0.2) is 8.42 Å². The zero-order chi connectivity index (χ0) is 14.9. The number of nitrogens with zero attached hydrogens (tertiary/aromatic N) is 2. The first-order valence-electron chi connectivity index (χ1n) is 7.55. The molecule has 1 atom stereocenters. The number of hydrogen-bond donors (Lipinski definition) is 1. The lowest BCUT2D eigenvalue weighted by Gasteiger charge is -2.24. The van der Waals surface area contributed by atoms with Crippen molar-refractivity contribution in [3.8, 4) is 0 Å². The molecule has 2 saturated heterocycles. The van der Waals surface area contributed by atoms with E-state index in [2.05, 4.69) is 4.90 Å². The summed E-state index contributed by atoms with van der Waals surface area (Å²) in [5.74, 6) is 0. The summed E-state index contributed by atoms with van der Waals surface area (Å²) in [5.41, 5.74) is 0. The quantitative estimate of drug-likeness (QED) is 0.899. The third-order valence-electron chi connectivity index (χ3n) is 4.36. The van der Waals surface area contributed by atoms with Crippen LogP contribution in [0.4, 0.5) is 0 Å². The Morgan fingerprint density at radius 3 is 2.86 bits per heavy atom. The first-order valence-corrected chi connectivity index (χ1v) is 9.80. The molecule has 0 aromatic carbocycles. The number of aliphatic hydroxyl groups excluding tert-OH is 1. The van der Waals surface area contributed by atoms with Gasteiger partial charge in [0.1, 0.15) is 4.21 Å². The molecule has 1 N–H and O–H groups in total. The van der Waals surface area contributed by atoms with Gasteiger partial charge in [-0.05, 0) is 44.5 Å². The molecule has 1 aromatic heterocycles. The van der Waals surface area contributed by atoms with Crippen molar-refractivity contribution in [2.45, 2.75) is 35.9 Å². The molecule has 118 valence electrons.